The molecule has 0 radical (unpaired) electrons. The molecule has 2 aromatic heterocycles. The smallest absolute Gasteiger partial charge is 0.174 e. The number of fused-ring (bicyclic) bond motifs is 5. The van der Waals surface area contributed by atoms with Crippen molar-refractivity contribution in [2.24, 2.45) is 0 Å². The molecule has 0 unspecified atom stereocenters. The van der Waals surface area contributed by atoms with Gasteiger partial charge in [0, 0.05) is 11.1 Å². The third-order valence-electron chi connectivity index (χ3n) is 4.72. The van der Waals surface area contributed by atoms with Gasteiger partial charge in [0.15, 0.2) is 5.16 Å². The average Bonchev–Trinajstić information content (AvgIpc) is 3.12. The maximum absolute atomic E-state index is 5.88. The molecule has 3 aromatic carbocycles. The largest absolute Gasteiger partial charge is 0.493 e. The van der Waals surface area contributed by atoms with E-state index in [1.165, 1.54) is 5.56 Å². The Morgan fingerprint density at radius 1 is 0.857 bits per heavy atom. The van der Waals surface area contributed by atoms with Gasteiger partial charge in [0.25, 0.3) is 0 Å². The minimum atomic E-state index is 0.621. The van der Waals surface area contributed by atoms with Gasteiger partial charge in [-0.3, -0.25) is 4.40 Å². The molecule has 0 aliphatic heterocycles. The Balaban J connectivity index is 1.48. The average molecular weight is 385 g/mol. The minimum absolute atomic E-state index is 0.621. The number of rotatable bonds is 5. The number of thioether (sulfide) groups is 1. The lowest BCUT2D eigenvalue weighted by atomic mass is 10.2. The number of nitrogens with zero attached hydrogens (tertiary/aromatic N) is 3. The van der Waals surface area contributed by atoms with E-state index in [9.17, 15) is 0 Å². The van der Waals surface area contributed by atoms with E-state index >= 15 is 0 Å². The molecule has 5 aromatic rings. The normalized spacial score (nSPS) is 11.5. The summed E-state index contributed by atoms with van der Waals surface area (Å²) in [4.78, 5) is 9.78. The lowest BCUT2D eigenvalue weighted by Gasteiger charge is -2.09. The van der Waals surface area contributed by atoms with Gasteiger partial charge in [-0.1, -0.05) is 53.7 Å². The van der Waals surface area contributed by atoms with Gasteiger partial charge < -0.3 is 4.74 Å². The number of aromatic nitrogens is 3. The third-order valence-corrected chi connectivity index (χ3v) is 5.62. The standard InChI is InChI=1S/C23H19N3OS/c1-16-10-12-17(13-11-16)27-14-15-28-23-25-19-7-3-2-6-18(19)22-24-20-8-4-5-9-21(20)26(22)23/h2-13H,14-15H2,1H3. The van der Waals surface area contributed by atoms with Crippen LogP contribution in [0, 0.1) is 6.92 Å². The number of hydrogen-bond acceptors (Lipinski definition) is 4. The first-order valence-corrected chi connectivity index (χ1v) is 10.3. The number of para-hydroxylation sites is 3. The third kappa shape index (κ3) is 3.08. The van der Waals surface area contributed by atoms with Crippen LogP contribution in [0.1, 0.15) is 5.56 Å². The van der Waals surface area contributed by atoms with Crippen molar-refractivity contribution in [1.29, 1.82) is 0 Å². The van der Waals surface area contributed by atoms with Gasteiger partial charge in [0.1, 0.15) is 11.4 Å². The fraction of sp³-hybridized carbons (Fsp3) is 0.130. The Morgan fingerprint density at radius 2 is 1.61 bits per heavy atom. The van der Waals surface area contributed by atoms with E-state index in [1.54, 1.807) is 11.8 Å². The Bertz CT molecular complexity index is 1280. The fourth-order valence-electron chi connectivity index (χ4n) is 3.34. The predicted molar refractivity (Wildman–Crippen MR) is 115 cm³/mol. The first-order chi connectivity index (χ1) is 13.8. The lowest BCUT2D eigenvalue weighted by Crippen LogP contribution is -2.03. The summed E-state index contributed by atoms with van der Waals surface area (Å²) >= 11 is 1.69. The zero-order valence-corrected chi connectivity index (χ0v) is 16.3. The molecule has 0 N–H and O–H groups in total. The summed E-state index contributed by atoms with van der Waals surface area (Å²) in [6.07, 6.45) is 0. The van der Waals surface area contributed by atoms with Crippen molar-refractivity contribution in [2.45, 2.75) is 12.1 Å². The van der Waals surface area contributed by atoms with Crippen LogP contribution in [-0.4, -0.2) is 26.7 Å². The molecular formula is C23H19N3OS. The van der Waals surface area contributed by atoms with Gasteiger partial charge in [-0.15, -0.1) is 0 Å². The highest BCUT2D eigenvalue weighted by molar-refractivity contribution is 7.99. The summed E-state index contributed by atoms with van der Waals surface area (Å²) in [6.45, 7) is 2.70. The summed E-state index contributed by atoms with van der Waals surface area (Å²) < 4.78 is 8.04. The summed E-state index contributed by atoms with van der Waals surface area (Å²) in [5.74, 6) is 1.71. The Kier molecular flexibility index (Phi) is 4.37. The van der Waals surface area contributed by atoms with Crippen LogP contribution < -0.4 is 4.74 Å². The maximum atomic E-state index is 5.88. The molecule has 0 fully saturated rings. The second-order valence-corrected chi connectivity index (χ2v) is 7.74. The molecule has 5 heteroatoms. The van der Waals surface area contributed by atoms with Crippen molar-refractivity contribution >= 4 is 39.3 Å². The van der Waals surface area contributed by atoms with Gasteiger partial charge in [0.05, 0.1) is 23.2 Å². The van der Waals surface area contributed by atoms with E-state index in [-0.39, 0.29) is 0 Å². The Labute approximate surface area is 167 Å². The molecule has 0 aliphatic rings. The molecule has 4 nitrogen and oxygen atoms in total. The van der Waals surface area contributed by atoms with Crippen LogP contribution in [-0.2, 0) is 0 Å². The Morgan fingerprint density at radius 3 is 2.46 bits per heavy atom. The van der Waals surface area contributed by atoms with Gasteiger partial charge in [0.2, 0.25) is 0 Å². The van der Waals surface area contributed by atoms with Crippen LogP contribution in [0.4, 0.5) is 0 Å². The molecule has 2 heterocycles. The summed E-state index contributed by atoms with van der Waals surface area (Å²) in [7, 11) is 0. The van der Waals surface area contributed by atoms with E-state index in [4.69, 9.17) is 14.7 Å². The quantitative estimate of drug-likeness (QED) is 0.227. The van der Waals surface area contributed by atoms with Crippen LogP contribution in [0.25, 0.3) is 27.6 Å². The van der Waals surface area contributed by atoms with Gasteiger partial charge in [-0.2, -0.15) is 0 Å². The van der Waals surface area contributed by atoms with E-state index in [1.807, 2.05) is 48.5 Å². The minimum Gasteiger partial charge on any atom is -0.493 e. The van der Waals surface area contributed by atoms with Crippen LogP contribution in [0.3, 0.4) is 0 Å². The first-order valence-electron chi connectivity index (χ1n) is 9.28. The number of imidazole rings is 1. The van der Waals surface area contributed by atoms with E-state index in [0.29, 0.717) is 6.61 Å². The van der Waals surface area contributed by atoms with Gasteiger partial charge >= 0.3 is 0 Å². The van der Waals surface area contributed by atoms with E-state index in [2.05, 4.69) is 35.6 Å². The van der Waals surface area contributed by atoms with Crippen LogP contribution in [0.2, 0.25) is 0 Å². The molecule has 0 aliphatic carbocycles. The highest BCUT2D eigenvalue weighted by Crippen LogP contribution is 2.28. The van der Waals surface area contributed by atoms with Crippen molar-refractivity contribution in [3.05, 3.63) is 78.4 Å². The number of ether oxygens (including phenoxy) is 1. The fourth-order valence-corrected chi connectivity index (χ4v) is 4.16. The number of benzene rings is 3. The van der Waals surface area contributed by atoms with Crippen LogP contribution in [0.5, 0.6) is 5.75 Å². The molecular weight excluding hydrogens is 366 g/mol. The summed E-state index contributed by atoms with van der Waals surface area (Å²) in [6, 6.07) is 24.5. The van der Waals surface area contributed by atoms with Crippen molar-refractivity contribution in [3.63, 3.8) is 0 Å². The van der Waals surface area contributed by atoms with Crippen molar-refractivity contribution in [3.8, 4) is 5.75 Å². The Hall–Kier alpha value is -3.05. The second-order valence-electron chi connectivity index (χ2n) is 6.68. The number of aryl methyl sites for hydroxylation is 1. The van der Waals surface area contributed by atoms with E-state index < -0.39 is 0 Å². The van der Waals surface area contributed by atoms with Crippen LogP contribution >= 0.6 is 11.8 Å². The number of hydrogen-bond donors (Lipinski definition) is 0. The van der Waals surface area contributed by atoms with Gasteiger partial charge in [-0.05, 0) is 43.3 Å². The molecule has 0 amide bonds. The topological polar surface area (TPSA) is 39.4 Å². The van der Waals surface area contributed by atoms with Crippen molar-refractivity contribution < 1.29 is 4.74 Å². The highest BCUT2D eigenvalue weighted by atomic mass is 32.2. The molecule has 0 bridgehead atoms. The molecule has 0 atom stereocenters. The lowest BCUT2D eigenvalue weighted by molar-refractivity contribution is 0.344. The highest BCUT2D eigenvalue weighted by Gasteiger charge is 2.13. The van der Waals surface area contributed by atoms with Crippen LogP contribution in [0.15, 0.2) is 78.0 Å². The molecule has 0 saturated heterocycles. The molecule has 138 valence electrons. The predicted octanol–water partition coefficient (Wildman–Crippen LogP) is 5.52. The zero-order valence-electron chi connectivity index (χ0n) is 15.5. The summed E-state index contributed by atoms with van der Waals surface area (Å²) in [5, 5.41) is 2.01. The molecule has 0 saturated carbocycles. The zero-order chi connectivity index (χ0) is 18.9. The van der Waals surface area contributed by atoms with E-state index in [0.717, 1.165) is 44.2 Å². The maximum Gasteiger partial charge on any atom is 0.174 e. The second kappa shape index (κ2) is 7.17. The first kappa shape index (κ1) is 17.1. The SMILES string of the molecule is Cc1ccc(OCCSc2nc3ccccc3c3nc4ccccc4n23)cc1. The summed E-state index contributed by atoms with van der Waals surface area (Å²) in [5.41, 5.74) is 5.22. The molecule has 28 heavy (non-hydrogen) atoms. The van der Waals surface area contributed by atoms with Crippen molar-refractivity contribution in [2.75, 3.05) is 12.4 Å². The monoisotopic (exact) mass is 385 g/mol. The van der Waals surface area contributed by atoms with Crippen molar-refractivity contribution in [1.82, 2.24) is 14.4 Å². The molecule has 5 rings (SSSR count). The van der Waals surface area contributed by atoms with Gasteiger partial charge in [-0.25, -0.2) is 9.97 Å². The molecule has 0 spiro atoms.